The molecule has 12 nitrogen and oxygen atoms in total. The summed E-state index contributed by atoms with van der Waals surface area (Å²) in [5.74, 6) is -5.05. The van der Waals surface area contributed by atoms with Crippen LogP contribution in [0.1, 0.15) is 29.4 Å². The Morgan fingerprint density at radius 2 is 1.93 bits per heavy atom. The summed E-state index contributed by atoms with van der Waals surface area (Å²) < 4.78 is 76.3. The number of alkyl halides is 4. The molecule has 0 fully saturated rings. The lowest BCUT2D eigenvalue weighted by Gasteiger charge is -2.11. The van der Waals surface area contributed by atoms with E-state index in [0.29, 0.717) is 5.56 Å². The number of halogens is 5. The van der Waals surface area contributed by atoms with E-state index in [1.54, 1.807) is 0 Å². The molecule has 3 rings (SSSR count). The Balaban J connectivity index is 1.50. The third-order valence-corrected chi connectivity index (χ3v) is 5.24. The molecular formula is C24H23F5N6O6. The van der Waals surface area contributed by atoms with Crippen LogP contribution in [0, 0.1) is 5.82 Å². The van der Waals surface area contributed by atoms with E-state index in [1.165, 1.54) is 19.1 Å². The zero-order chi connectivity index (χ0) is 30.2. The van der Waals surface area contributed by atoms with E-state index in [4.69, 9.17) is 0 Å². The van der Waals surface area contributed by atoms with E-state index in [2.05, 4.69) is 25.1 Å². The number of aryl methyl sites for hydroxylation is 1. The van der Waals surface area contributed by atoms with Gasteiger partial charge in [0.2, 0.25) is 5.82 Å². The molecule has 2 amide bonds. The molecule has 2 heterocycles. The number of benzene rings is 1. The van der Waals surface area contributed by atoms with Crippen LogP contribution in [-0.2, 0) is 34.0 Å². The van der Waals surface area contributed by atoms with E-state index in [9.17, 15) is 41.1 Å². The van der Waals surface area contributed by atoms with Crippen molar-refractivity contribution in [2.75, 3.05) is 11.9 Å². The summed E-state index contributed by atoms with van der Waals surface area (Å²) in [5.41, 5.74) is -1.57. The van der Waals surface area contributed by atoms with Crippen LogP contribution in [0.2, 0.25) is 0 Å². The summed E-state index contributed by atoms with van der Waals surface area (Å²) in [7, 11) is 0. The maximum Gasteiger partial charge on any atom is 0.573 e. The molecule has 41 heavy (non-hydrogen) atoms. The van der Waals surface area contributed by atoms with Gasteiger partial charge in [-0.15, -0.1) is 18.3 Å². The van der Waals surface area contributed by atoms with Crippen molar-refractivity contribution in [2.24, 2.45) is 0 Å². The largest absolute Gasteiger partial charge is 0.573 e. The summed E-state index contributed by atoms with van der Waals surface area (Å²) in [6, 6.07) is 6.03. The number of carbonyl (C=O) groups is 3. The molecule has 0 saturated carbocycles. The molecule has 3 aromatic rings. The Bertz CT molecular complexity index is 1460. The number of ether oxygens (including phenoxy) is 2. The predicted octanol–water partition coefficient (Wildman–Crippen LogP) is 2.34. The number of rotatable bonds is 11. The predicted molar refractivity (Wildman–Crippen MR) is 130 cm³/mol. The van der Waals surface area contributed by atoms with Gasteiger partial charge in [0, 0.05) is 19.3 Å². The number of pyridine rings is 1. The van der Waals surface area contributed by atoms with Gasteiger partial charge in [-0.2, -0.15) is 4.39 Å². The number of amides is 2. The summed E-state index contributed by atoms with van der Waals surface area (Å²) >= 11 is 0. The lowest BCUT2D eigenvalue weighted by atomic mass is 10.2. The van der Waals surface area contributed by atoms with Gasteiger partial charge in [-0.05, 0) is 37.1 Å². The minimum Gasteiger partial charge on any atom is -0.459 e. The van der Waals surface area contributed by atoms with Crippen LogP contribution in [-0.4, -0.2) is 56.5 Å². The molecular weight excluding hydrogens is 563 g/mol. The van der Waals surface area contributed by atoms with Crippen LogP contribution in [0.3, 0.4) is 0 Å². The Hall–Kier alpha value is -4.83. The van der Waals surface area contributed by atoms with Crippen molar-refractivity contribution >= 4 is 23.5 Å². The number of nitrogens with one attached hydrogen (secondary N) is 2. The van der Waals surface area contributed by atoms with Gasteiger partial charge >= 0.3 is 18.2 Å². The molecule has 0 aliphatic heterocycles. The fourth-order valence-electron chi connectivity index (χ4n) is 3.38. The average Bonchev–Trinajstić information content (AvgIpc) is 3.37. The van der Waals surface area contributed by atoms with Crippen LogP contribution in [0.4, 0.5) is 27.6 Å². The molecule has 1 atom stereocenters. The summed E-state index contributed by atoms with van der Waals surface area (Å²) in [4.78, 5) is 47.6. The molecule has 220 valence electrons. The van der Waals surface area contributed by atoms with Gasteiger partial charge < -0.3 is 24.7 Å². The van der Waals surface area contributed by atoms with E-state index in [0.717, 1.165) is 39.8 Å². The smallest absolute Gasteiger partial charge is 0.459 e. The van der Waals surface area contributed by atoms with Gasteiger partial charge in [0.25, 0.3) is 11.5 Å². The van der Waals surface area contributed by atoms with Gasteiger partial charge in [-0.25, -0.2) is 13.9 Å². The number of carbonyl (C=O) groups excluding carboxylic acids is 3. The number of esters is 1. The van der Waals surface area contributed by atoms with Gasteiger partial charge in [0.1, 0.15) is 11.9 Å². The molecule has 0 aliphatic carbocycles. The lowest BCUT2D eigenvalue weighted by Crippen LogP contribution is -2.29. The molecule has 0 saturated heterocycles. The SMILES string of the molecule is CCOC(=O)C(=O)Nc1ccn(CCC(F)Cn2cc(C(=O)NCc3cccc(OC(F)(F)F)c3)nn2)c(=O)c1F. The topological polar surface area (TPSA) is 146 Å². The van der Waals surface area contributed by atoms with Crippen molar-refractivity contribution in [2.45, 2.75) is 45.5 Å². The normalized spacial score (nSPS) is 12.0. The molecule has 17 heteroatoms. The molecule has 2 aromatic heterocycles. The molecule has 1 unspecified atom stereocenters. The first kappa shape index (κ1) is 30.7. The highest BCUT2D eigenvalue weighted by Crippen LogP contribution is 2.23. The van der Waals surface area contributed by atoms with Crippen LogP contribution < -0.4 is 20.9 Å². The van der Waals surface area contributed by atoms with Crippen LogP contribution in [0.5, 0.6) is 5.75 Å². The maximum atomic E-state index is 14.6. The van der Waals surface area contributed by atoms with Crippen molar-refractivity contribution in [3.63, 3.8) is 0 Å². The zero-order valence-corrected chi connectivity index (χ0v) is 21.3. The quantitative estimate of drug-likeness (QED) is 0.198. The third-order valence-electron chi connectivity index (χ3n) is 5.24. The Morgan fingerprint density at radius 1 is 1.17 bits per heavy atom. The van der Waals surface area contributed by atoms with Crippen LogP contribution in [0.25, 0.3) is 0 Å². The van der Waals surface area contributed by atoms with Crippen molar-refractivity contribution in [1.29, 1.82) is 0 Å². The number of aromatic nitrogens is 4. The Labute approximate surface area is 228 Å². The van der Waals surface area contributed by atoms with E-state index in [-0.39, 0.29) is 38.4 Å². The van der Waals surface area contributed by atoms with E-state index >= 15 is 0 Å². The van der Waals surface area contributed by atoms with Crippen molar-refractivity contribution in [3.05, 3.63) is 70.2 Å². The molecule has 0 radical (unpaired) electrons. The van der Waals surface area contributed by atoms with Gasteiger partial charge in [-0.1, -0.05) is 17.3 Å². The molecule has 1 aromatic carbocycles. The highest BCUT2D eigenvalue weighted by Gasteiger charge is 2.31. The summed E-state index contributed by atoms with van der Waals surface area (Å²) in [6.45, 7) is 0.635. The van der Waals surface area contributed by atoms with Gasteiger partial charge in [0.05, 0.1) is 25.0 Å². The number of hydrogen-bond donors (Lipinski definition) is 2. The number of nitrogens with zero attached hydrogens (tertiary/aromatic N) is 4. The second kappa shape index (κ2) is 13.5. The van der Waals surface area contributed by atoms with Crippen molar-refractivity contribution in [1.82, 2.24) is 24.9 Å². The minimum absolute atomic E-state index is 0.0774. The summed E-state index contributed by atoms with van der Waals surface area (Å²) in [5, 5.41) is 11.7. The lowest BCUT2D eigenvalue weighted by molar-refractivity contribution is -0.274. The zero-order valence-electron chi connectivity index (χ0n) is 21.3. The van der Waals surface area contributed by atoms with Gasteiger partial charge in [-0.3, -0.25) is 14.4 Å². The highest BCUT2D eigenvalue weighted by atomic mass is 19.4. The fourth-order valence-corrected chi connectivity index (χ4v) is 3.38. The van der Waals surface area contributed by atoms with Crippen LogP contribution >= 0.6 is 0 Å². The molecule has 0 aliphatic rings. The Kier molecular flexibility index (Phi) is 10.1. The van der Waals surface area contributed by atoms with E-state index < -0.39 is 53.1 Å². The second-order valence-corrected chi connectivity index (χ2v) is 8.31. The van der Waals surface area contributed by atoms with Gasteiger partial charge in [0.15, 0.2) is 5.69 Å². The second-order valence-electron chi connectivity index (χ2n) is 8.31. The molecule has 2 N–H and O–H groups in total. The first-order chi connectivity index (χ1) is 19.4. The Morgan fingerprint density at radius 3 is 2.63 bits per heavy atom. The monoisotopic (exact) mass is 586 g/mol. The average molecular weight is 586 g/mol. The number of anilines is 1. The molecule has 0 spiro atoms. The summed E-state index contributed by atoms with van der Waals surface area (Å²) in [6.07, 6.45) is -4.45. The van der Waals surface area contributed by atoms with Crippen molar-refractivity contribution < 1.29 is 45.8 Å². The number of hydrogen-bond acceptors (Lipinski definition) is 8. The standard InChI is InChI=1S/C24H23F5N6O6/c1-2-40-23(39)21(37)31-17-7-9-34(22(38)19(17)26)8-6-15(25)12-35-13-18(32-33-35)20(36)30-11-14-4-3-5-16(10-14)41-24(27,28)29/h3-5,7,9-10,13,15H,2,6,8,11-12H2,1H3,(H,30,36)(H,31,37). The maximum absolute atomic E-state index is 14.6. The third kappa shape index (κ3) is 9.11. The van der Waals surface area contributed by atoms with E-state index in [1.807, 2.05) is 5.32 Å². The van der Waals surface area contributed by atoms with Crippen molar-refractivity contribution in [3.8, 4) is 5.75 Å². The minimum atomic E-state index is -4.86. The first-order valence-electron chi connectivity index (χ1n) is 11.9. The van der Waals surface area contributed by atoms with Crippen LogP contribution in [0.15, 0.2) is 47.5 Å². The first-order valence-corrected chi connectivity index (χ1v) is 11.9. The fraction of sp³-hybridized carbons (Fsp3) is 0.333. The highest BCUT2D eigenvalue weighted by molar-refractivity contribution is 6.37. The molecule has 0 bridgehead atoms.